The van der Waals surface area contributed by atoms with Crippen LogP contribution in [0.25, 0.3) is 10.9 Å². The minimum atomic E-state index is -0.885. The Morgan fingerprint density at radius 1 is 1.03 bits per heavy atom. The number of anilines is 1. The van der Waals surface area contributed by atoms with E-state index in [0.29, 0.717) is 0 Å². The fourth-order valence-corrected chi connectivity index (χ4v) is 4.17. The highest BCUT2D eigenvalue weighted by molar-refractivity contribution is 7.99. The predicted molar refractivity (Wildman–Crippen MR) is 122 cm³/mol. The normalized spacial score (nSPS) is 11.9. The molecule has 0 saturated heterocycles. The van der Waals surface area contributed by atoms with Gasteiger partial charge >= 0.3 is 5.97 Å². The van der Waals surface area contributed by atoms with Crippen molar-refractivity contribution in [3.05, 3.63) is 64.7 Å². The lowest BCUT2D eigenvalue weighted by atomic mass is 10.0. The van der Waals surface area contributed by atoms with Gasteiger partial charge in [-0.25, -0.2) is 4.98 Å². The van der Waals surface area contributed by atoms with Gasteiger partial charge in [0, 0.05) is 11.1 Å². The maximum atomic E-state index is 12.5. The number of amides is 1. The number of nitrogens with one attached hydrogen (secondary N) is 1. The van der Waals surface area contributed by atoms with Gasteiger partial charge in [-0.15, -0.1) is 0 Å². The number of aryl methyl sites for hydroxylation is 4. The largest absolute Gasteiger partial charge is 0.452 e. The molecule has 0 fully saturated rings. The van der Waals surface area contributed by atoms with Gasteiger partial charge in [-0.1, -0.05) is 47.7 Å². The summed E-state index contributed by atoms with van der Waals surface area (Å²) in [5, 5.41) is 4.73. The first-order chi connectivity index (χ1) is 14.2. The third-order valence-corrected chi connectivity index (χ3v) is 5.73. The van der Waals surface area contributed by atoms with Gasteiger partial charge in [-0.3, -0.25) is 9.59 Å². The summed E-state index contributed by atoms with van der Waals surface area (Å²) in [5.74, 6) is -0.707. The summed E-state index contributed by atoms with van der Waals surface area (Å²) in [4.78, 5) is 29.3. The number of para-hydroxylation sites is 1. The van der Waals surface area contributed by atoms with Crippen LogP contribution in [0.4, 0.5) is 5.69 Å². The lowest BCUT2D eigenvalue weighted by Gasteiger charge is -2.17. The van der Waals surface area contributed by atoms with Crippen molar-refractivity contribution in [2.75, 3.05) is 11.1 Å². The Morgan fingerprint density at radius 3 is 2.40 bits per heavy atom. The molecule has 0 saturated carbocycles. The van der Waals surface area contributed by atoms with Crippen molar-refractivity contribution >= 4 is 40.2 Å². The SMILES string of the molecule is Cc1cc(C)c(NC(=O)[C@@H](C)OC(=O)CSc2cc(C)c3ccccc3n2)c(C)c1. The van der Waals surface area contributed by atoms with Gasteiger partial charge in [0.15, 0.2) is 6.10 Å². The number of benzene rings is 2. The fraction of sp³-hybridized carbons (Fsp3) is 0.292. The zero-order valence-corrected chi connectivity index (χ0v) is 18.7. The molecule has 0 aliphatic carbocycles. The first-order valence-corrected chi connectivity index (χ1v) is 10.8. The maximum absolute atomic E-state index is 12.5. The van der Waals surface area contributed by atoms with E-state index < -0.39 is 12.1 Å². The van der Waals surface area contributed by atoms with Gasteiger partial charge in [0.25, 0.3) is 5.91 Å². The fourth-order valence-electron chi connectivity index (χ4n) is 3.41. The molecular formula is C24H26N2O3S. The van der Waals surface area contributed by atoms with Gasteiger partial charge in [-0.05, 0) is 63.4 Å². The zero-order valence-electron chi connectivity index (χ0n) is 17.9. The highest BCUT2D eigenvalue weighted by Crippen LogP contribution is 2.24. The lowest BCUT2D eigenvalue weighted by Crippen LogP contribution is -2.31. The number of aromatic nitrogens is 1. The number of hydrogen-bond acceptors (Lipinski definition) is 5. The van der Waals surface area contributed by atoms with Crippen LogP contribution in [0.1, 0.15) is 29.2 Å². The second-order valence-electron chi connectivity index (χ2n) is 7.48. The maximum Gasteiger partial charge on any atom is 0.317 e. The number of carbonyl (C=O) groups excluding carboxylic acids is 2. The lowest BCUT2D eigenvalue weighted by molar-refractivity contribution is -0.150. The van der Waals surface area contributed by atoms with E-state index >= 15 is 0 Å². The monoisotopic (exact) mass is 422 g/mol. The quantitative estimate of drug-likeness (QED) is 0.440. The summed E-state index contributed by atoms with van der Waals surface area (Å²) in [6, 6.07) is 13.9. The van der Waals surface area contributed by atoms with E-state index in [1.165, 1.54) is 11.8 Å². The summed E-state index contributed by atoms with van der Waals surface area (Å²) >= 11 is 1.30. The number of thioether (sulfide) groups is 1. The molecule has 30 heavy (non-hydrogen) atoms. The van der Waals surface area contributed by atoms with Crippen molar-refractivity contribution in [3.8, 4) is 0 Å². The molecule has 156 valence electrons. The minimum absolute atomic E-state index is 0.0883. The van der Waals surface area contributed by atoms with Crippen LogP contribution in [0.15, 0.2) is 47.5 Å². The van der Waals surface area contributed by atoms with Crippen LogP contribution in [-0.2, 0) is 14.3 Å². The summed E-state index contributed by atoms with van der Waals surface area (Å²) in [6.07, 6.45) is -0.885. The standard InChI is InChI=1S/C24H26N2O3S/c1-14-10-16(3)23(17(4)11-14)26-24(28)18(5)29-22(27)13-30-21-12-15(2)19-8-6-7-9-20(19)25-21/h6-12,18H,13H2,1-5H3,(H,26,28)/t18-/m1/s1. The molecule has 0 unspecified atom stereocenters. The van der Waals surface area contributed by atoms with Gasteiger partial charge < -0.3 is 10.1 Å². The first kappa shape index (κ1) is 21.8. The Morgan fingerprint density at radius 2 is 1.70 bits per heavy atom. The average Bonchev–Trinajstić information content (AvgIpc) is 2.69. The molecule has 1 atom stereocenters. The van der Waals surface area contributed by atoms with Crippen LogP contribution in [0.2, 0.25) is 0 Å². The van der Waals surface area contributed by atoms with Gasteiger partial charge in [-0.2, -0.15) is 0 Å². The molecule has 1 heterocycles. The number of hydrogen-bond donors (Lipinski definition) is 1. The number of esters is 1. The molecule has 0 aliphatic rings. The molecular weight excluding hydrogens is 396 g/mol. The molecule has 3 aromatic rings. The van der Waals surface area contributed by atoms with Crippen molar-refractivity contribution < 1.29 is 14.3 Å². The van der Waals surface area contributed by atoms with E-state index in [1.54, 1.807) is 6.92 Å². The Labute approximate surface area is 181 Å². The van der Waals surface area contributed by atoms with E-state index in [9.17, 15) is 9.59 Å². The Kier molecular flexibility index (Phi) is 6.77. The minimum Gasteiger partial charge on any atom is -0.452 e. The van der Waals surface area contributed by atoms with Crippen molar-refractivity contribution in [1.29, 1.82) is 0 Å². The van der Waals surface area contributed by atoms with Crippen LogP contribution in [0, 0.1) is 27.7 Å². The van der Waals surface area contributed by atoms with E-state index in [2.05, 4.69) is 10.3 Å². The van der Waals surface area contributed by atoms with Crippen molar-refractivity contribution in [2.24, 2.45) is 0 Å². The topological polar surface area (TPSA) is 68.3 Å². The smallest absolute Gasteiger partial charge is 0.317 e. The van der Waals surface area contributed by atoms with Crippen molar-refractivity contribution in [1.82, 2.24) is 4.98 Å². The third-order valence-electron chi connectivity index (χ3n) is 4.84. The molecule has 0 radical (unpaired) electrons. The van der Waals surface area contributed by atoms with Crippen LogP contribution in [0.3, 0.4) is 0 Å². The van der Waals surface area contributed by atoms with Crippen molar-refractivity contribution in [2.45, 2.75) is 45.7 Å². The average molecular weight is 423 g/mol. The summed E-state index contributed by atoms with van der Waals surface area (Å²) < 4.78 is 5.33. The second kappa shape index (κ2) is 9.30. The van der Waals surface area contributed by atoms with Crippen molar-refractivity contribution in [3.63, 3.8) is 0 Å². The predicted octanol–water partition coefficient (Wildman–Crippen LogP) is 5.13. The van der Waals surface area contributed by atoms with Crippen LogP contribution in [-0.4, -0.2) is 28.7 Å². The highest BCUT2D eigenvalue weighted by atomic mass is 32.2. The number of rotatable bonds is 6. The molecule has 2 aromatic carbocycles. The van der Waals surface area contributed by atoms with Crippen LogP contribution >= 0.6 is 11.8 Å². The Bertz CT molecular complexity index is 1090. The van der Waals surface area contributed by atoms with E-state index in [1.807, 2.05) is 70.2 Å². The van der Waals surface area contributed by atoms with Crippen LogP contribution < -0.4 is 5.32 Å². The summed E-state index contributed by atoms with van der Waals surface area (Å²) in [5.41, 5.74) is 5.86. The van der Waals surface area contributed by atoms with E-state index in [0.717, 1.165) is 43.9 Å². The molecule has 3 rings (SSSR count). The summed E-state index contributed by atoms with van der Waals surface area (Å²) in [6.45, 7) is 9.51. The second-order valence-corrected chi connectivity index (χ2v) is 8.47. The molecule has 0 bridgehead atoms. The van der Waals surface area contributed by atoms with Gasteiger partial charge in [0.1, 0.15) is 0 Å². The number of carbonyl (C=O) groups is 2. The van der Waals surface area contributed by atoms with Gasteiger partial charge in [0.2, 0.25) is 0 Å². The molecule has 0 spiro atoms. The molecule has 6 heteroatoms. The number of fused-ring (bicyclic) bond motifs is 1. The first-order valence-electron chi connectivity index (χ1n) is 9.82. The highest BCUT2D eigenvalue weighted by Gasteiger charge is 2.20. The van der Waals surface area contributed by atoms with E-state index in [4.69, 9.17) is 4.74 Å². The van der Waals surface area contributed by atoms with Crippen LogP contribution in [0.5, 0.6) is 0 Å². The third kappa shape index (κ3) is 5.19. The Hall–Kier alpha value is -2.86. The molecule has 1 aromatic heterocycles. The molecule has 0 aliphatic heterocycles. The van der Waals surface area contributed by atoms with E-state index in [-0.39, 0.29) is 11.7 Å². The Balaban J connectivity index is 1.57. The molecule has 1 amide bonds. The molecule has 5 nitrogen and oxygen atoms in total. The summed E-state index contributed by atoms with van der Waals surface area (Å²) in [7, 11) is 0. The number of ether oxygens (including phenoxy) is 1. The number of nitrogens with zero attached hydrogens (tertiary/aromatic N) is 1. The van der Waals surface area contributed by atoms with Gasteiger partial charge in [0.05, 0.1) is 16.3 Å². The number of pyridine rings is 1. The zero-order chi connectivity index (χ0) is 21.8. The molecule has 1 N–H and O–H groups in total.